The van der Waals surface area contributed by atoms with Gasteiger partial charge in [-0.2, -0.15) is 0 Å². The molecule has 0 aliphatic rings. The van der Waals surface area contributed by atoms with E-state index in [1.165, 1.54) is 5.56 Å². The third kappa shape index (κ3) is 9.82. The second-order valence-electron chi connectivity index (χ2n) is 9.27. The molecule has 0 aromatic heterocycles. The zero-order valence-electron chi connectivity index (χ0n) is 21.8. The summed E-state index contributed by atoms with van der Waals surface area (Å²) in [6.07, 6.45) is 5.58. The molecule has 5 N–H and O–H groups in total. The van der Waals surface area contributed by atoms with Crippen LogP contribution >= 0.6 is 0 Å². The summed E-state index contributed by atoms with van der Waals surface area (Å²) < 4.78 is 0. The van der Waals surface area contributed by atoms with Crippen molar-refractivity contribution >= 4 is 17.7 Å². The summed E-state index contributed by atoms with van der Waals surface area (Å²) in [7, 11) is 0. The van der Waals surface area contributed by atoms with Crippen LogP contribution in [0.25, 0.3) is 0 Å². The van der Waals surface area contributed by atoms with E-state index in [1.54, 1.807) is 18.2 Å². The van der Waals surface area contributed by atoms with Crippen LogP contribution < -0.4 is 16.8 Å². The van der Waals surface area contributed by atoms with Gasteiger partial charge in [0.25, 0.3) is 5.91 Å². The van der Waals surface area contributed by atoms with Crippen molar-refractivity contribution in [3.8, 4) is 0 Å². The molecule has 0 radical (unpaired) electrons. The number of nitrogens with two attached hydrogens (primary N) is 2. The number of unbranched alkanes of at least 4 members (excludes halogenated alkanes) is 4. The lowest BCUT2D eigenvalue weighted by Gasteiger charge is -2.20. The van der Waals surface area contributed by atoms with Gasteiger partial charge in [-0.05, 0) is 54.8 Å². The van der Waals surface area contributed by atoms with Crippen molar-refractivity contribution in [3.05, 3.63) is 70.8 Å². The molecule has 3 amide bonds. The molecule has 36 heavy (non-hydrogen) atoms. The highest BCUT2D eigenvalue weighted by Gasteiger charge is 2.19. The van der Waals surface area contributed by atoms with Gasteiger partial charge in [-0.15, -0.1) is 0 Å². The first-order chi connectivity index (χ1) is 17.3. The number of amides is 3. The number of carbonyl (C=O) groups excluding carboxylic acids is 3. The van der Waals surface area contributed by atoms with Crippen LogP contribution in [0.1, 0.15) is 91.8 Å². The fourth-order valence-corrected chi connectivity index (χ4v) is 4.40. The summed E-state index contributed by atoms with van der Waals surface area (Å²) in [5.41, 5.74) is 14.5. The lowest BCUT2D eigenvalue weighted by Crippen LogP contribution is -2.26. The lowest BCUT2D eigenvalue weighted by molar-refractivity contribution is -0.120. The minimum Gasteiger partial charge on any atom is -0.370 e. The van der Waals surface area contributed by atoms with E-state index in [-0.39, 0.29) is 17.7 Å². The molecule has 0 spiro atoms. The van der Waals surface area contributed by atoms with Crippen LogP contribution in [0.2, 0.25) is 0 Å². The first-order valence-corrected chi connectivity index (χ1v) is 13.1. The number of hydrogen-bond acceptors (Lipinski definition) is 4. The van der Waals surface area contributed by atoms with Gasteiger partial charge >= 0.3 is 0 Å². The second kappa shape index (κ2) is 15.7. The number of benzene rings is 2. The van der Waals surface area contributed by atoms with E-state index in [4.69, 9.17) is 11.5 Å². The average Bonchev–Trinajstić information content (AvgIpc) is 2.87. The fourth-order valence-electron chi connectivity index (χ4n) is 4.40. The van der Waals surface area contributed by atoms with Gasteiger partial charge in [0, 0.05) is 25.1 Å². The zero-order valence-corrected chi connectivity index (χ0v) is 21.8. The van der Waals surface area contributed by atoms with Gasteiger partial charge in [0.1, 0.15) is 0 Å². The number of carbonyl (C=O) groups is 3. The maximum Gasteiger partial charge on any atom is 0.251 e. The van der Waals surface area contributed by atoms with E-state index in [0.29, 0.717) is 24.9 Å². The summed E-state index contributed by atoms with van der Waals surface area (Å²) in [4.78, 5) is 38.3. The van der Waals surface area contributed by atoms with Gasteiger partial charge < -0.3 is 16.8 Å². The molecule has 0 fully saturated rings. The minimum atomic E-state index is -0.432. The third-order valence-corrected chi connectivity index (χ3v) is 6.66. The van der Waals surface area contributed by atoms with Gasteiger partial charge in [-0.3, -0.25) is 19.3 Å². The van der Waals surface area contributed by atoms with Gasteiger partial charge in [0.05, 0.1) is 5.92 Å². The van der Waals surface area contributed by atoms with E-state index in [2.05, 4.69) is 30.1 Å². The molecule has 1 atom stereocenters. The Labute approximate surface area is 215 Å². The molecule has 1 unspecified atom stereocenters. The molecule has 196 valence electrons. The number of primary amides is 2. The Morgan fingerprint density at radius 2 is 1.53 bits per heavy atom. The summed E-state index contributed by atoms with van der Waals surface area (Å²) >= 11 is 0. The summed E-state index contributed by atoms with van der Waals surface area (Å²) in [5, 5.41) is 3.03. The van der Waals surface area contributed by atoms with Crippen LogP contribution in [0.4, 0.5) is 0 Å². The molecule has 0 heterocycles. The molecule has 0 aliphatic carbocycles. The molecule has 0 saturated carbocycles. The summed E-state index contributed by atoms with van der Waals surface area (Å²) in [5.74, 6) is -1.26. The number of nitrogens with zero attached hydrogens (tertiary/aromatic N) is 1. The number of hydrogen-bond donors (Lipinski definition) is 3. The Hall–Kier alpha value is -3.19. The molecular formula is C29H42N4O3. The summed E-state index contributed by atoms with van der Waals surface area (Å²) in [6, 6.07) is 15.4. The largest absolute Gasteiger partial charge is 0.370 e. The molecule has 0 bridgehead atoms. The standard InChI is InChI=1S/C29H42N4O3/c1-3-33(4-2)21-25-14-11-10-13-24(25)20-32-29(36)23-16-12-15-22(19-23)26(28(31)35)17-8-6-5-7-9-18-27(30)34/h10-16,19,26H,3-9,17-18,20-21H2,1-2H3,(H2,30,34)(H2,31,35)(H,32,36). The lowest BCUT2D eigenvalue weighted by atomic mass is 9.91. The fraction of sp³-hybridized carbons (Fsp3) is 0.483. The van der Waals surface area contributed by atoms with Crippen LogP contribution in [0.3, 0.4) is 0 Å². The Morgan fingerprint density at radius 1 is 0.861 bits per heavy atom. The van der Waals surface area contributed by atoms with Gasteiger partial charge in [0.15, 0.2) is 0 Å². The van der Waals surface area contributed by atoms with Crippen molar-refractivity contribution in [3.63, 3.8) is 0 Å². The first kappa shape index (κ1) is 29.0. The van der Waals surface area contributed by atoms with E-state index < -0.39 is 5.92 Å². The monoisotopic (exact) mass is 494 g/mol. The average molecular weight is 495 g/mol. The van der Waals surface area contributed by atoms with Gasteiger partial charge in [-0.25, -0.2) is 0 Å². The van der Waals surface area contributed by atoms with Crippen molar-refractivity contribution in [2.75, 3.05) is 13.1 Å². The van der Waals surface area contributed by atoms with Gasteiger partial charge in [0.2, 0.25) is 11.8 Å². The predicted octanol–water partition coefficient (Wildman–Crippen LogP) is 4.24. The Bertz CT molecular complexity index is 988. The number of rotatable bonds is 17. The van der Waals surface area contributed by atoms with Crippen LogP contribution in [-0.2, 0) is 22.7 Å². The molecule has 0 saturated heterocycles. The molecule has 2 rings (SSSR count). The van der Waals surface area contributed by atoms with Gasteiger partial charge in [-0.1, -0.05) is 75.9 Å². The third-order valence-electron chi connectivity index (χ3n) is 6.66. The zero-order chi connectivity index (χ0) is 26.3. The maximum atomic E-state index is 12.9. The highest BCUT2D eigenvalue weighted by molar-refractivity contribution is 5.94. The molecule has 7 heteroatoms. The molecule has 2 aromatic carbocycles. The van der Waals surface area contributed by atoms with E-state index in [9.17, 15) is 14.4 Å². The second-order valence-corrected chi connectivity index (χ2v) is 9.27. The van der Waals surface area contributed by atoms with Crippen molar-refractivity contribution in [2.24, 2.45) is 11.5 Å². The normalized spacial score (nSPS) is 11.9. The topological polar surface area (TPSA) is 119 Å². The number of nitrogens with one attached hydrogen (secondary N) is 1. The Kier molecular flexibility index (Phi) is 12.7. The quantitative estimate of drug-likeness (QED) is 0.285. The van der Waals surface area contributed by atoms with Crippen LogP contribution in [0.15, 0.2) is 48.5 Å². The Balaban J connectivity index is 1.96. The minimum absolute atomic E-state index is 0.174. The predicted molar refractivity (Wildman–Crippen MR) is 144 cm³/mol. The van der Waals surface area contributed by atoms with Crippen molar-refractivity contribution < 1.29 is 14.4 Å². The molecule has 2 aromatic rings. The molecular weight excluding hydrogens is 452 g/mol. The van der Waals surface area contributed by atoms with E-state index in [0.717, 1.165) is 62.9 Å². The highest BCUT2D eigenvalue weighted by atomic mass is 16.2. The van der Waals surface area contributed by atoms with Crippen LogP contribution in [-0.4, -0.2) is 35.7 Å². The first-order valence-electron chi connectivity index (χ1n) is 13.1. The van der Waals surface area contributed by atoms with Crippen molar-refractivity contribution in [1.29, 1.82) is 0 Å². The molecule has 7 nitrogen and oxygen atoms in total. The SMILES string of the molecule is CCN(CC)Cc1ccccc1CNC(=O)c1cccc(C(CCCCCCCC(N)=O)C(N)=O)c1. The van der Waals surface area contributed by atoms with Crippen molar-refractivity contribution in [1.82, 2.24) is 10.2 Å². The van der Waals surface area contributed by atoms with E-state index in [1.807, 2.05) is 24.3 Å². The maximum absolute atomic E-state index is 12.9. The van der Waals surface area contributed by atoms with Crippen LogP contribution in [0.5, 0.6) is 0 Å². The summed E-state index contributed by atoms with van der Waals surface area (Å²) in [6.45, 7) is 7.52. The molecule has 0 aliphatic heterocycles. The van der Waals surface area contributed by atoms with E-state index >= 15 is 0 Å². The smallest absolute Gasteiger partial charge is 0.251 e. The highest BCUT2D eigenvalue weighted by Crippen LogP contribution is 2.24. The Morgan fingerprint density at radius 3 is 2.19 bits per heavy atom. The van der Waals surface area contributed by atoms with Crippen molar-refractivity contribution in [2.45, 2.75) is 77.8 Å². The van der Waals surface area contributed by atoms with Crippen LogP contribution in [0, 0.1) is 0 Å².